The van der Waals surface area contributed by atoms with Crippen LogP contribution in [0.1, 0.15) is 48.0 Å². The van der Waals surface area contributed by atoms with Gasteiger partial charge >= 0.3 is 0 Å². The topological polar surface area (TPSA) is 72.3 Å². The zero-order valence-electron chi connectivity index (χ0n) is 12.2. The van der Waals surface area contributed by atoms with Gasteiger partial charge in [-0.1, -0.05) is 27.7 Å². The summed E-state index contributed by atoms with van der Waals surface area (Å²) in [6.45, 7) is 13.0. The van der Waals surface area contributed by atoms with Crippen LogP contribution < -0.4 is 11.5 Å². The summed E-state index contributed by atoms with van der Waals surface area (Å²) in [5, 5.41) is 0. The molecular formula is C13H29N3O. The first-order valence-corrected chi connectivity index (χ1v) is 6.40. The molecule has 0 aromatic heterocycles. The SMILES string of the molecule is CCC(N)C(N(CC(N)=O)C(C)C)C(C)(C)C. The molecule has 2 atom stereocenters. The van der Waals surface area contributed by atoms with Gasteiger partial charge in [-0.15, -0.1) is 0 Å². The van der Waals surface area contributed by atoms with Crippen LogP contribution in [0.5, 0.6) is 0 Å². The number of nitrogens with two attached hydrogens (primary N) is 2. The fourth-order valence-electron chi connectivity index (χ4n) is 2.39. The van der Waals surface area contributed by atoms with Gasteiger partial charge in [0.25, 0.3) is 0 Å². The summed E-state index contributed by atoms with van der Waals surface area (Å²) in [6.07, 6.45) is 0.893. The molecule has 102 valence electrons. The van der Waals surface area contributed by atoms with Gasteiger partial charge in [-0.3, -0.25) is 9.69 Å². The second-order valence-corrected chi connectivity index (χ2v) is 6.12. The van der Waals surface area contributed by atoms with Crippen molar-refractivity contribution in [2.24, 2.45) is 16.9 Å². The minimum atomic E-state index is -0.295. The Labute approximate surface area is 106 Å². The maximum absolute atomic E-state index is 11.2. The van der Waals surface area contributed by atoms with Crippen LogP contribution in [-0.2, 0) is 4.79 Å². The summed E-state index contributed by atoms with van der Waals surface area (Å²) in [5.74, 6) is -0.295. The first-order chi connectivity index (χ1) is 7.61. The van der Waals surface area contributed by atoms with E-state index < -0.39 is 0 Å². The molecule has 0 fully saturated rings. The van der Waals surface area contributed by atoms with Gasteiger partial charge < -0.3 is 11.5 Å². The Bertz CT molecular complexity index is 246. The Hall–Kier alpha value is -0.610. The Balaban J connectivity index is 5.15. The predicted octanol–water partition coefficient (Wildman–Crippen LogP) is 1.33. The Morgan fingerprint density at radius 1 is 1.29 bits per heavy atom. The second-order valence-electron chi connectivity index (χ2n) is 6.12. The number of rotatable bonds is 6. The molecule has 0 heterocycles. The molecule has 4 N–H and O–H groups in total. The fourth-order valence-corrected chi connectivity index (χ4v) is 2.39. The van der Waals surface area contributed by atoms with E-state index in [2.05, 4.69) is 46.4 Å². The summed E-state index contributed by atoms with van der Waals surface area (Å²) in [4.78, 5) is 13.3. The lowest BCUT2D eigenvalue weighted by Gasteiger charge is -2.45. The van der Waals surface area contributed by atoms with Gasteiger partial charge in [-0.25, -0.2) is 0 Å². The maximum Gasteiger partial charge on any atom is 0.231 e. The van der Waals surface area contributed by atoms with Crippen LogP contribution in [0.3, 0.4) is 0 Å². The van der Waals surface area contributed by atoms with Crippen LogP contribution in [0.4, 0.5) is 0 Å². The first kappa shape index (κ1) is 16.4. The van der Waals surface area contributed by atoms with E-state index in [-0.39, 0.29) is 36.0 Å². The fraction of sp³-hybridized carbons (Fsp3) is 0.923. The first-order valence-electron chi connectivity index (χ1n) is 6.40. The molecule has 1 amide bonds. The third kappa shape index (κ3) is 5.04. The third-order valence-corrected chi connectivity index (χ3v) is 3.12. The molecule has 0 aliphatic rings. The number of amides is 1. The van der Waals surface area contributed by atoms with Crippen LogP contribution >= 0.6 is 0 Å². The van der Waals surface area contributed by atoms with E-state index in [4.69, 9.17) is 11.5 Å². The zero-order valence-corrected chi connectivity index (χ0v) is 12.2. The molecule has 0 aliphatic carbocycles. The molecule has 0 saturated heterocycles. The molecule has 0 spiro atoms. The lowest BCUT2D eigenvalue weighted by molar-refractivity contribution is -0.121. The number of hydrogen-bond acceptors (Lipinski definition) is 3. The Morgan fingerprint density at radius 2 is 1.76 bits per heavy atom. The van der Waals surface area contributed by atoms with Gasteiger partial charge in [0, 0.05) is 18.1 Å². The molecule has 0 aromatic rings. The van der Waals surface area contributed by atoms with Crippen molar-refractivity contribution in [1.29, 1.82) is 0 Å². The Kier molecular flexibility index (Phi) is 6.13. The normalized spacial score (nSPS) is 16.3. The number of nitrogens with zero attached hydrogens (tertiary/aromatic N) is 1. The monoisotopic (exact) mass is 243 g/mol. The van der Waals surface area contributed by atoms with E-state index in [0.717, 1.165) is 6.42 Å². The second kappa shape index (κ2) is 6.36. The lowest BCUT2D eigenvalue weighted by Crippen LogP contribution is -2.58. The summed E-state index contributed by atoms with van der Waals surface area (Å²) >= 11 is 0. The standard InChI is InChI=1S/C13H29N3O/c1-7-10(14)12(13(4,5)6)16(9(2)3)8-11(15)17/h9-10,12H,7-8,14H2,1-6H3,(H2,15,17). The van der Waals surface area contributed by atoms with Crippen molar-refractivity contribution >= 4 is 5.91 Å². The number of carbonyl (C=O) groups is 1. The number of carbonyl (C=O) groups excluding carboxylic acids is 1. The molecule has 0 aromatic carbocycles. The van der Waals surface area contributed by atoms with Gasteiger partial charge in [0.05, 0.1) is 6.54 Å². The van der Waals surface area contributed by atoms with Gasteiger partial charge in [0.1, 0.15) is 0 Å². The molecule has 4 nitrogen and oxygen atoms in total. The minimum absolute atomic E-state index is 0.0230. The van der Waals surface area contributed by atoms with Gasteiger partial charge in [-0.05, 0) is 25.7 Å². The van der Waals surface area contributed by atoms with Crippen molar-refractivity contribution in [2.75, 3.05) is 6.54 Å². The number of primary amides is 1. The van der Waals surface area contributed by atoms with Crippen molar-refractivity contribution in [3.63, 3.8) is 0 Å². The summed E-state index contributed by atoms with van der Waals surface area (Å²) in [7, 11) is 0. The molecule has 4 heteroatoms. The van der Waals surface area contributed by atoms with Crippen molar-refractivity contribution in [3.8, 4) is 0 Å². The molecule has 0 aliphatic heterocycles. The molecule has 2 unspecified atom stereocenters. The average Bonchev–Trinajstić information content (AvgIpc) is 2.13. The van der Waals surface area contributed by atoms with Gasteiger partial charge in [0.15, 0.2) is 0 Å². The molecule has 0 rings (SSSR count). The van der Waals surface area contributed by atoms with Gasteiger partial charge in [0.2, 0.25) is 5.91 Å². The summed E-state index contributed by atoms with van der Waals surface area (Å²) < 4.78 is 0. The van der Waals surface area contributed by atoms with Gasteiger partial charge in [-0.2, -0.15) is 0 Å². The van der Waals surface area contributed by atoms with Crippen LogP contribution in [0.25, 0.3) is 0 Å². The molecule has 0 bridgehead atoms. The van der Waals surface area contributed by atoms with Crippen molar-refractivity contribution < 1.29 is 4.79 Å². The maximum atomic E-state index is 11.2. The van der Waals surface area contributed by atoms with Crippen LogP contribution in [0, 0.1) is 5.41 Å². The molecular weight excluding hydrogens is 214 g/mol. The van der Waals surface area contributed by atoms with E-state index in [1.807, 2.05) is 0 Å². The van der Waals surface area contributed by atoms with Crippen LogP contribution in [-0.4, -0.2) is 35.5 Å². The largest absolute Gasteiger partial charge is 0.369 e. The van der Waals surface area contributed by atoms with Crippen LogP contribution in [0.2, 0.25) is 0 Å². The van der Waals surface area contributed by atoms with Crippen LogP contribution in [0.15, 0.2) is 0 Å². The summed E-state index contributed by atoms with van der Waals surface area (Å²) in [5.41, 5.74) is 11.6. The van der Waals surface area contributed by atoms with Crippen molar-refractivity contribution in [1.82, 2.24) is 4.90 Å². The summed E-state index contributed by atoms with van der Waals surface area (Å²) in [6, 6.07) is 0.459. The zero-order chi connectivity index (χ0) is 13.8. The highest BCUT2D eigenvalue weighted by molar-refractivity contribution is 5.76. The smallest absolute Gasteiger partial charge is 0.231 e. The highest BCUT2D eigenvalue weighted by Crippen LogP contribution is 2.28. The number of hydrogen-bond donors (Lipinski definition) is 2. The van der Waals surface area contributed by atoms with E-state index in [0.29, 0.717) is 0 Å². The molecule has 0 radical (unpaired) electrons. The highest BCUT2D eigenvalue weighted by atomic mass is 16.1. The van der Waals surface area contributed by atoms with E-state index in [1.165, 1.54) is 0 Å². The van der Waals surface area contributed by atoms with E-state index >= 15 is 0 Å². The molecule has 0 saturated carbocycles. The van der Waals surface area contributed by atoms with E-state index in [9.17, 15) is 4.79 Å². The third-order valence-electron chi connectivity index (χ3n) is 3.12. The quantitative estimate of drug-likeness (QED) is 0.739. The van der Waals surface area contributed by atoms with Crippen molar-refractivity contribution in [3.05, 3.63) is 0 Å². The average molecular weight is 243 g/mol. The van der Waals surface area contributed by atoms with Crippen molar-refractivity contribution in [2.45, 2.75) is 66.1 Å². The Morgan fingerprint density at radius 3 is 2.00 bits per heavy atom. The molecule has 17 heavy (non-hydrogen) atoms. The predicted molar refractivity (Wildman–Crippen MR) is 72.5 cm³/mol. The lowest BCUT2D eigenvalue weighted by atomic mass is 9.80. The highest BCUT2D eigenvalue weighted by Gasteiger charge is 2.36. The van der Waals surface area contributed by atoms with E-state index in [1.54, 1.807) is 0 Å². The minimum Gasteiger partial charge on any atom is -0.369 e.